The molecule has 0 saturated heterocycles. The van der Waals surface area contributed by atoms with Gasteiger partial charge in [-0.1, -0.05) is 39.0 Å². The molecule has 0 bridgehead atoms. The van der Waals surface area contributed by atoms with Crippen molar-refractivity contribution in [3.63, 3.8) is 0 Å². The molecule has 1 unspecified atom stereocenters. The summed E-state index contributed by atoms with van der Waals surface area (Å²) in [5.41, 5.74) is 0. The molecule has 0 aromatic rings. The second kappa shape index (κ2) is 5.16. The molecule has 1 nitrogen and oxygen atoms in total. The lowest BCUT2D eigenvalue weighted by atomic mass is 9.96. The van der Waals surface area contributed by atoms with E-state index < -0.39 is 0 Å². The SMILES string of the molecule is CC(CCC1CCCC1)CNC1CC1. The monoisotopic (exact) mass is 195 g/mol. The number of rotatable bonds is 6. The number of hydrogen-bond donors (Lipinski definition) is 1. The van der Waals surface area contributed by atoms with Gasteiger partial charge in [-0.3, -0.25) is 0 Å². The van der Waals surface area contributed by atoms with E-state index in [1.807, 2.05) is 0 Å². The largest absolute Gasteiger partial charge is 0.314 e. The fourth-order valence-corrected chi connectivity index (χ4v) is 2.58. The summed E-state index contributed by atoms with van der Waals surface area (Å²) in [5, 5.41) is 3.63. The lowest BCUT2D eigenvalue weighted by Crippen LogP contribution is -2.23. The molecule has 0 amide bonds. The van der Waals surface area contributed by atoms with Gasteiger partial charge in [-0.15, -0.1) is 0 Å². The molecular weight excluding hydrogens is 170 g/mol. The molecule has 0 heterocycles. The minimum Gasteiger partial charge on any atom is -0.314 e. The Morgan fingerprint density at radius 2 is 1.86 bits per heavy atom. The van der Waals surface area contributed by atoms with Gasteiger partial charge in [0.2, 0.25) is 0 Å². The van der Waals surface area contributed by atoms with Gasteiger partial charge >= 0.3 is 0 Å². The molecule has 2 aliphatic carbocycles. The Morgan fingerprint density at radius 1 is 1.14 bits per heavy atom. The highest BCUT2D eigenvalue weighted by molar-refractivity contribution is 4.81. The van der Waals surface area contributed by atoms with E-state index in [0.29, 0.717) is 0 Å². The van der Waals surface area contributed by atoms with Crippen molar-refractivity contribution in [3.8, 4) is 0 Å². The van der Waals surface area contributed by atoms with Gasteiger partial charge in [0, 0.05) is 6.04 Å². The van der Waals surface area contributed by atoms with Gasteiger partial charge in [0.15, 0.2) is 0 Å². The fraction of sp³-hybridized carbons (Fsp3) is 1.00. The lowest BCUT2D eigenvalue weighted by molar-refractivity contribution is 0.399. The summed E-state index contributed by atoms with van der Waals surface area (Å²) in [6.45, 7) is 3.67. The Morgan fingerprint density at radius 3 is 2.50 bits per heavy atom. The number of hydrogen-bond acceptors (Lipinski definition) is 1. The Kier molecular flexibility index (Phi) is 3.86. The van der Waals surface area contributed by atoms with Crippen LogP contribution in [0.25, 0.3) is 0 Å². The molecule has 1 heteroatoms. The van der Waals surface area contributed by atoms with E-state index in [9.17, 15) is 0 Å². The van der Waals surface area contributed by atoms with Gasteiger partial charge in [0.1, 0.15) is 0 Å². The summed E-state index contributed by atoms with van der Waals surface area (Å²) in [5.74, 6) is 1.98. The maximum absolute atomic E-state index is 3.63. The summed E-state index contributed by atoms with van der Waals surface area (Å²) < 4.78 is 0. The fourth-order valence-electron chi connectivity index (χ4n) is 2.58. The van der Waals surface area contributed by atoms with Crippen molar-refractivity contribution in [1.29, 1.82) is 0 Å². The molecule has 2 rings (SSSR count). The Balaban J connectivity index is 1.50. The van der Waals surface area contributed by atoms with Crippen molar-refractivity contribution < 1.29 is 0 Å². The minimum atomic E-state index is 0.893. The van der Waals surface area contributed by atoms with Gasteiger partial charge in [0.25, 0.3) is 0 Å². The van der Waals surface area contributed by atoms with Gasteiger partial charge in [-0.25, -0.2) is 0 Å². The number of nitrogens with one attached hydrogen (secondary N) is 1. The molecule has 1 atom stereocenters. The van der Waals surface area contributed by atoms with Crippen LogP contribution >= 0.6 is 0 Å². The normalized spacial score (nSPS) is 25.5. The van der Waals surface area contributed by atoms with Crippen LogP contribution in [-0.4, -0.2) is 12.6 Å². The van der Waals surface area contributed by atoms with E-state index in [0.717, 1.165) is 17.9 Å². The van der Waals surface area contributed by atoms with Crippen LogP contribution < -0.4 is 5.32 Å². The van der Waals surface area contributed by atoms with E-state index in [4.69, 9.17) is 0 Å². The van der Waals surface area contributed by atoms with Crippen molar-refractivity contribution in [2.75, 3.05) is 6.54 Å². The zero-order chi connectivity index (χ0) is 9.80. The maximum Gasteiger partial charge on any atom is 0.00683 e. The van der Waals surface area contributed by atoms with Crippen LogP contribution in [0.3, 0.4) is 0 Å². The van der Waals surface area contributed by atoms with E-state index in [1.54, 1.807) is 0 Å². The third-order valence-electron chi connectivity index (χ3n) is 3.87. The van der Waals surface area contributed by atoms with Gasteiger partial charge in [0.05, 0.1) is 0 Å². The van der Waals surface area contributed by atoms with Crippen LogP contribution in [0.4, 0.5) is 0 Å². The van der Waals surface area contributed by atoms with E-state index in [2.05, 4.69) is 12.2 Å². The smallest absolute Gasteiger partial charge is 0.00683 e. The highest BCUT2D eigenvalue weighted by Gasteiger charge is 2.21. The first-order chi connectivity index (χ1) is 6.84. The van der Waals surface area contributed by atoms with E-state index in [-0.39, 0.29) is 0 Å². The first-order valence-electron chi connectivity index (χ1n) is 6.58. The van der Waals surface area contributed by atoms with Crippen LogP contribution in [-0.2, 0) is 0 Å². The summed E-state index contributed by atoms with van der Waals surface area (Å²) >= 11 is 0. The standard InChI is InChI=1S/C13H25N/c1-11(10-14-13-8-9-13)6-7-12-4-2-3-5-12/h11-14H,2-10H2,1H3. The third kappa shape index (κ3) is 3.61. The predicted octanol–water partition coefficient (Wildman–Crippen LogP) is 3.34. The lowest BCUT2D eigenvalue weighted by Gasteiger charge is -2.15. The zero-order valence-corrected chi connectivity index (χ0v) is 9.60. The van der Waals surface area contributed by atoms with Crippen LogP contribution in [0.1, 0.15) is 58.3 Å². The molecule has 14 heavy (non-hydrogen) atoms. The second-order valence-electron chi connectivity index (χ2n) is 5.52. The second-order valence-corrected chi connectivity index (χ2v) is 5.52. The van der Waals surface area contributed by atoms with Crippen LogP contribution in [0, 0.1) is 11.8 Å². The van der Waals surface area contributed by atoms with Gasteiger partial charge in [-0.05, 0) is 37.6 Å². The third-order valence-corrected chi connectivity index (χ3v) is 3.87. The van der Waals surface area contributed by atoms with Crippen LogP contribution in [0.5, 0.6) is 0 Å². The summed E-state index contributed by atoms with van der Waals surface area (Å²) in [4.78, 5) is 0. The van der Waals surface area contributed by atoms with Crippen molar-refractivity contribution in [3.05, 3.63) is 0 Å². The molecule has 2 fully saturated rings. The molecule has 1 N–H and O–H groups in total. The Bertz CT molecular complexity index is 157. The quantitative estimate of drug-likeness (QED) is 0.685. The Labute approximate surface area is 88.7 Å². The topological polar surface area (TPSA) is 12.0 Å². The van der Waals surface area contributed by atoms with E-state index in [1.165, 1.54) is 57.9 Å². The molecule has 82 valence electrons. The molecule has 0 aromatic heterocycles. The maximum atomic E-state index is 3.63. The van der Waals surface area contributed by atoms with Crippen LogP contribution in [0.2, 0.25) is 0 Å². The summed E-state index contributed by atoms with van der Waals surface area (Å²) in [6, 6.07) is 0.893. The molecule has 0 spiro atoms. The molecular formula is C13H25N. The van der Waals surface area contributed by atoms with Crippen molar-refractivity contribution in [1.82, 2.24) is 5.32 Å². The van der Waals surface area contributed by atoms with Gasteiger partial charge in [-0.2, -0.15) is 0 Å². The summed E-state index contributed by atoms with van der Waals surface area (Å²) in [7, 11) is 0. The average Bonchev–Trinajstić information content (AvgIpc) is 2.87. The highest BCUT2D eigenvalue weighted by Crippen LogP contribution is 2.29. The van der Waals surface area contributed by atoms with Crippen molar-refractivity contribution in [2.45, 2.75) is 64.3 Å². The minimum absolute atomic E-state index is 0.893. The first kappa shape index (κ1) is 10.5. The molecule has 0 aromatic carbocycles. The molecule has 0 aliphatic heterocycles. The Hall–Kier alpha value is -0.0400. The molecule has 2 saturated carbocycles. The van der Waals surface area contributed by atoms with E-state index >= 15 is 0 Å². The predicted molar refractivity (Wildman–Crippen MR) is 61.4 cm³/mol. The summed E-state index contributed by atoms with van der Waals surface area (Å²) in [6.07, 6.45) is 11.8. The molecule has 0 radical (unpaired) electrons. The van der Waals surface area contributed by atoms with Crippen molar-refractivity contribution >= 4 is 0 Å². The molecule has 2 aliphatic rings. The first-order valence-corrected chi connectivity index (χ1v) is 6.58. The zero-order valence-electron chi connectivity index (χ0n) is 9.60. The van der Waals surface area contributed by atoms with Crippen molar-refractivity contribution in [2.24, 2.45) is 11.8 Å². The van der Waals surface area contributed by atoms with Gasteiger partial charge < -0.3 is 5.32 Å². The van der Waals surface area contributed by atoms with Crippen LogP contribution in [0.15, 0.2) is 0 Å². The average molecular weight is 195 g/mol. The highest BCUT2D eigenvalue weighted by atomic mass is 14.9.